The van der Waals surface area contributed by atoms with Crippen LogP contribution < -0.4 is 5.32 Å². The van der Waals surface area contributed by atoms with Crippen molar-refractivity contribution in [3.63, 3.8) is 0 Å². The third-order valence-electron chi connectivity index (χ3n) is 5.47. The number of carbonyl (C=O) groups is 2. The minimum absolute atomic E-state index is 0.0500. The van der Waals surface area contributed by atoms with Crippen molar-refractivity contribution in [2.75, 3.05) is 13.7 Å². The number of fused-ring (bicyclic) bond motifs is 3. The first-order chi connectivity index (χ1) is 15.1. The average Bonchev–Trinajstić information content (AvgIpc) is 3.12. The van der Waals surface area contributed by atoms with Crippen molar-refractivity contribution < 1.29 is 19.1 Å². The van der Waals surface area contributed by atoms with Crippen molar-refractivity contribution in [2.45, 2.75) is 18.4 Å². The highest BCUT2D eigenvalue weighted by molar-refractivity contribution is 6.30. The van der Waals surface area contributed by atoms with Gasteiger partial charge in [0, 0.05) is 17.4 Å². The molecule has 3 aromatic carbocycles. The van der Waals surface area contributed by atoms with Gasteiger partial charge in [0.25, 0.3) is 0 Å². The second-order valence-electron chi connectivity index (χ2n) is 7.38. The Hall–Kier alpha value is -3.31. The van der Waals surface area contributed by atoms with Crippen LogP contribution in [0.3, 0.4) is 0 Å². The van der Waals surface area contributed by atoms with Gasteiger partial charge in [-0.1, -0.05) is 72.3 Å². The molecule has 1 aliphatic rings. The highest BCUT2D eigenvalue weighted by Crippen LogP contribution is 2.44. The molecule has 5 nitrogen and oxygen atoms in total. The number of hydrogen-bond acceptors (Lipinski definition) is 4. The summed E-state index contributed by atoms with van der Waals surface area (Å²) in [4.78, 5) is 24.7. The van der Waals surface area contributed by atoms with Crippen LogP contribution in [0.5, 0.6) is 0 Å². The van der Waals surface area contributed by atoms with E-state index < -0.39 is 18.1 Å². The van der Waals surface area contributed by atoms with Crippen LogP contribution in [0.15, 0.2) is 72.8 Å². The highest BCUT2D eigenvalue weighted by atomic mass is 35.5. The Labute approximate surface area is 185 Å². The van der Waals surface area contributed by atoms with Gasteiger partial charge in [-0.15, -0.1) is 0 Å². The molecule has 3 aromatic rings. The number of alkyl carbamates (subject to hydrolysis) is 1. The van der Waals surface area contributed by atoms with Gasteiger partial charge in [-0.05, 0) is 39.9 Å². The molecule has 0 bridgehead atoms. The zero-order valence-corrected chi connectivity index (χ0v) is 17.8. The lowest BCUT2D eigenvalue weighted by Gasteiger charge is -2.18. The number of ether oxygens (including phenoxy) is 2. The van der Waals surface area contributed by atoms with Crippen molar-refractivity contribution in [3.05, 3.63) is 94.5 Å². The zero-order valence-electron chi connectivity index (χ0n) is 17.0. The topological polar surface area (TPSA) is 64.6 Å². The highest BCUT2D eigenvalue weighted by Gasteiger charge is 2.30. The molecular formula is C25H22ClNO4. The van der Waals surface area contributed by atoms with E-state index in [9.17, 15) is 9.59 Å². The molecule has 0 fully saturated rings. The van der Waals surface area contributed by atoms with Crippen molar-refractivity contribution >= 4 is 23.7 Å². The summed E-state index contributed by atoms with van der Waals surface area (Å²) in [6.07, 6.45) is -0.389. The largest absolute Gasteiger partial charge is 0.467 e. The predicted molar refractivity (Wildman–Crippen MR) is 119 cm³/mol. The van der Waals surface area contributed by atoms with E-state index in [1.165, 1.54) is 7.11 Å². The molecule has 158 valence electrons. The second kappa shape index (κ2) is 9.23. The maximum Gasteiger partial charge on any atom is 0.407 e. The van der Waals surface area contributed by atoms with E-state index in [0.717, 1.165) is 27.8 Å². The number of benzene rings is 3. The molecule has 1 N–H and O–H groups in total. The lowest BCUT2D eigenvalue weighted by molar-refractivity contribution is -0.142. The minimum atomic E-state index is -0.859. The van der Waals surface area contributed by atoms with Gasteiger partial charge in [0.15, 0.2) is 0 Å². The van der Waals surface area contributed by atoms with Crippen molar-refractivity contribution in [1.82, 2.24) is 5.32 Å². The van der Waals surface area contributed by atoms with Gasteiger partial charge in [-0.2, -0.15) is 0 Å². The second-order valence-corrected chi connectivity index (χ2v) is 7.81. The maximum atomic E-state index is 12.5. The van der Waals surface area contributed by atoms with Crippen molar-refractivity contribution in [2.24, 2.45) is 0 Å². The van der Waals surface area contributed by atoms with Crippen molar-refractivity contribution in [3.8, 4) is 11.1 Å². The summed E-state index contributed by atoms with van der Waals surface area (Å²) in [6.45, 7) is 0.175. The molecule has 0 heterocycles. The number of halogens is 1. The molecule has 0 aliphatic heterocycles. The SMILES string of the molecule is COC(=O)[C@@H](Cc1ccc(Cl)cc1)NC(=O)OCC1c2ccccc2-c2ccccc21. The van der Waals surface area contributed by atoms with Gasteiger partial charge < -0.3 is 14.8 Å². The summed E-state index contributed by atoms with van der Waals surface area (Å²) in [7, 11) is 1.29. The van der Waals surface area contributed by atoms with Crippen LogP contribution in [0, 0.1) is 0 Å². The molecule has 0 radical (unpaired) electrons. The average molecular weight is 436 g/mol. The molecule has 0 spiro atoms. The molecule has 1 aliphatic carbocycles. The van der Waals surface area contributed by atoms with E-state index in [1.807, 2.05) is 24.3 Å². The Bertz CT molecular complexity index is 1050. The fraction of sp³-hybridized carbons (Fsp3) is 0.200. The van der Waals surface area contributed by atoms with Gasteiger partial charge in [0.2, 0.25) is 0 Å². The first-order valence-corrected chi connectivity index (χ1v) is 10.4. The summed E-state index contributed by atoms with van der Waals surface area (Å²) in [6, 6.07) is 22.5. The molecule has 1 atom stereocenters. The van der Waals surface area contributed by atoms with Gasteiger partial charge in [0.1, 0.15) is 12.6 Å². The van der Waals surface area contributed by atoms with Crippen LogP contribution in [0.1, 0.15) is 22.6 Å². The lowest BCUT2D eigenvalue weighted by Crippen LogP contribution is -2.43. The quantitative estimate of drug-likeness (QED) is 0.555. The molecule has 0 saturated heterocycles. The fourth-order valence-electron chi connectivity index (χ4n) is 3.97. The monoisotopic (exact) mass is 435 g/mol. The van der Waals surface area contributed by atoms with E-state index in [2.05, 4.69) is 29.6 Å². The zero-order chi connectivity index (χ0) is 21.8. The molecule has 1 amide bonds. The van der Waals surface area contributed by atoms with Gasteiger partial charge in [0.05, 0.1) is 7.11 Å². The van der Waals surface area contributed by atoms with E-state index in [1.54, 1.807) is 24.3 Å². The Morgan fingerprint density at radius 2 is 1.52 bits per heavy atom. The third-order valence-corrected chi connectivity index (χ3v) is 5.73. The minimum Gasteiger partial charge on any atom is -0.467 e. The molecule has 31 heavy (non-hydrogen) atoms. The Kier molecular flexibility index (Phi) is 6.23. The lowest BCUT2D eigenvalue weighted by atomic mass is 9.98. The number of nitrogens with one attached hydrogen (secondary N) is 1. The smallest absolute Gasteiger partial charge is 0.407 e. The molecule has 0 aromatic heterocycles. The van der Waals surface area contributed by atoms with Crippen LogP contribution in [-0.4, -0.2) is 31.8 Å². The molecule has 6 heteroatoms. The Morgan fingerprint density at radius 1 is 0.935 bits per heavy atom. The number of esters is 1. The van der Waals surface area contributed by atoms with Crippen LogP contribution in [0.4, 0.5) is 4.79 Å². The van der Waals surface area contributed by atoms with E-state index in [-0.39, 0.29) is 18.9 Å². The van der Waals surface area contributed by atoms with Crippen LogP contribution in [0.25, 0.3) is 11.1 Å². The maximum absolute atomic E-state index is 12.5. The fourth-order valence-corrected chi connectivity index (χ4v) is 4.10. The van der Waals surface area contributed by atoms with Crippen LogP contribution in [0.2, 0.25) is 5.02 Å². The summed E-state index contributed by atoms with van der Waals surface area (Å²) in [5.74, 6) is -0.588. The normalized spacial score (nSPS) is 13.1. The first kappa shape index (κ1) is 20.9. The number of amides is 1. The number of methoxy groups -OCH3 is 1. The molecule has 4 rings (SSSR count). The summed E-state index contributed by atoms with van der Waals surface area (Å²) < 4.78 is 10.4. The number of carbonyl (C=O) groups excluding carboxylic acids is 2. The Balaban J connectivity index is 1.44. The standard InChI is InChI=1S/C25H22ClNO4/c1-30-24(28)23(14-16-10-12-17(26)13-11-16)27-25(29)31-15-22-20-8-4-2-6-18(20)19-7-3-5-9-21(19)22/h2-13,22-23H,14-15H2,1H3,(H,27,29)/t23-/m1/s1. The van der Waals surface area contributed by atoms with E-state index in [0.29, 0.717) is 5.02 Å². The Morgan fingerprint density at radius 3 is 2.10 bits per heavy atom. The third kappa shape index (κ3) is 4.57. The van der Waals surface area contributed by atoms with E-state index in [4.69, 9.17) is 21.1 Å². The predicted octanol–water partition coefficient (Wildman–Crippen LogP) is 4.96. The van der Waals surface area contributed by atoms with E-state index >= 15 is 0 Å². The molecule has 0 unspecified atom stereocenters. The molecular weight excluding hydrogens is 414 g/mol. The summed E-state index contributed by atoms with van der Waals surface area (Å²) >= 11 is 5.92. The van der Waals surface area contributed by atoms with Gasteiger partial charge in [-0.3, -0.25) is 0 Å². The number of hydrogen-bond donors (Lipinski definition) is 1. The summed E-state index contributed by atoms with van der Waals surface area (Å²) in [5.41, 5.74) is 5.41. The summed E-state index contributed by atoms with van der Waals surface area (Å²) in [5, 5.41) is 3.23. The van der Waals surface area contributed by atoms with Gasteiger partial charge in [-0.25, -0.2) is 9.59 Å². The first-order valence-electron chi connectivity index (χ1n) is 10.0. The van der Waals surface area contributed by atoms with Crippen molar-refractivity contribution in [1.29, 1.82) is 0 Å². The van der Waals surface area contributed by atoms with Crippen LogP contribution >= 0.6 is 11.6 Å². The number of rotatable bonds is 6. The molecule has 0 saturated carbocycles. The van der Waals surface area contributed by atoms with Crippen LogP contribution in [-0.2, 0) is 20.7 Å². The van der Waals surface area contributed by atoms with Gasteiger partial charge >= 0.3 is 12.1 Å².